The molecule has 0 aliphatic carbocycles. The third-order valence-electron chi connectivity index (χ3n) is 4.34. The Morgan fingerprint density at radius 2 is 1.04 bits per heavy atom. The van der Waals surface area contributed by atoms with E-state index < -0.39 is 24.1 Å². The van der Waals surface area contributed by atoms with Crippen LogP contribution in [0.4, 0.5) is 13.2 Å². The van der Waals surface area contributed by atoms with Gasteiger partial charge in [0.15, 0.2) is 0 Å². The topological polar surface area (TPSA) is 40.9 Å². The monoisotopic (exact) mass is 397 g/mol. The van der Waals surface area contributed by atoms with E-state index in [4.69, 9.17) is 0 Å². The van der Waals surface area contributed by atoms with Gasteiger partial charge in [0.05, 0.1) is 0 Å². The van der Waals surface area contributed by atoms with Crippen LogP contribution in [-0.4, -0.2) is 17.3 Å². The highest BCUT2D eigenvalue weighted by Crippen LogP contribution is 2.47. The Balaban J connectivity index is 2.62. The number of hydrogen-bond donors (Lipinski definition) is 0. The van der Waals surface area contributed by atoms with E-state index in [1.165, 1.54) is 0 Å². The molecule has 0 heterocycles. The molecule has 0 aromatic heterocycles. The molecule has 2 nitrogen and oxygen atoms in total. The first-order chi connectivity index (χ1) is 13.4. The van der Waals surface area contributed by atoms with Gasteiger partial charge in [0.1, 0.15) is 11.4 Å². The first-order valence-corrected chi connectivity index (χ1v) is 10.2. The van der Waals surface area contributed by atoms with Gasteiger partial charge in [-0.1, -0.05) is 91.0 Å². The summed E-state index contributed by atoms with van der Waals surface area (Å²) in [5.74, 6) is -2.10. The van der Waals surface area contributed by atoms with Crippen LogP contribution in [0.25, 0.3) is 0 Å². The maximum Gasteiger partial charge on any atom is 0.455 e. The van der Waals surface area contributed by atoms with Gasteiger partial charge in [0.2, 0.25) is 0 Å². The van der Waals surface area contributed by atoms with Crippen molar-refractivity contribution in [1.82, 2.24) is 0 Å². The predicted octanol–water partition coefficient (Wildman–Crippen LogP) is 3.81. The van der Waals surface area contributed by atoms with Crippen molar-refractivity contribution in [2.45, 2.75) is 6.18 Å². The van der Waals surface area contributed by atoms with Crippen LogP contribution in [0, 0.1) is 11.3 Å². The molecule has 0 aliphatic rings. The molecule has 0 radical (unpaired) electrons. The van der Waals surface area contributed by atoms with E-state index in [1.807, 2.05) is 0 Å². The Labute approximate surface area is 160 Å². The van der Waals surface area contributed by atoms with Gasteiger partial charge in [-0.2, -0.15) is 18.4 Å². The lowest BCUT2D eigenvalue weighted by atomic mass is 10.3. The van der Waals surface area contributed by atoms with Gasteiger partial charge in [-0.25, -0.2) is 0 Å². The number of halogens is 3. The smallest absolute Gasteiger partial charge is 0.283 e. The highest BCUT2D eigenvalue weighted by molar-refractivity contribution is 7.97. The van der Waals surface area contributed by atoms with Gasteiger partial charge < -0.3 is 0 Å². The summed E-state index contributed by atoms with van der Waals surface area (Å²) in [5, 5.41) is 10.6. The van der Waals surface area contributed by atoms with E-state index in [0.717, 1.165) is 0 Å². The number of nitriles is 1. The molecule has 0 aliphatic heterocycles. The Hall–Kier alpha value is -3.09. The van der Waals surface area contributed by atoms with Crippen molar-refractivity contribution in [2.75, 3.05) is 0 Å². The highest BCUT2D eigenvalue weighted by Gasteiger charge is 2.45. The van der Waals surface area contributed by atoms with Gasteiger partial charge in [0.25, 0.3) is 5.78 Å². The molecular formula is C22H15F3NOP. The Morgan fingerprint density at radius 3 is 1.29 bits per heavy atom. The van der Waals surface area contributed by atoms with Crippen LogP contribution >= 0.6 is 6.89 Å². The molecule has 28 heavy (non-hydrogen) atoms. The summed E-state index contributed by atoms with van der Waals surface area (Å²) in [6.45, 7) is -3.33. The van der Waals surface area contributed by atoms with E-state index in [2.05, 4.69) is 0 Å². The molecule has 3 rings (SSSR count). The molecule has 140 valence electrons. The zero-order valence-corrected chi connectivity index (χ0v) is 15.5. The van der Waals surface area contributed by atoms with Crippen molar-refractivity contribution < 1.29 is 18.0 Å². The summed E-state index contributed by atoms with van der Waals surface area (Å²) < 4.78 is 40.4. The Morgan fingerprint density at radius 1 is 0.714 bits per heavy atom. The van der Waals surface area contributed by atoms with Crippen LogP contribution in [0.2, 0.25) is 0 Å². The van der Waals surface area contributed by atoms with Gasteiger partial charge >= 0.3 is 6.18 Å². The maximum absolute atomic E-state index is 13.5. The van der Waals surface area contributed by atoms with Crippen molar-refractivity contribution in [3.63, 3.8) is 0 Å². The summed E-state index contributed by atoms with van der Waals surface area (Å²) in [4.78, 5) is 12.4. The van der Waals surface area contributed by atoms with Gasteiger partial charge in [-0.15, -0.1) is 0 Å². The van der Waals surface area contributed by atoms with Gasteiger partial charge in [-0.3, -0.25) is 4.79 Å². The SMILES string of the molecule is N#CC(C(=O)C(F)(F)F)=P(c1ccccc1)(c1ccccc1)c1ccccc1. The number of carbonyl (C=O) groups excluding carboxylic acids is 1. The fourth-order valence-electron chi connectivity index (χ4n) is 3.20. The minimum Gasteiger partial charge on any atom is -0.283 e. The highest BCUT2D eigenvalue weighted by atomic mass is 31.2. The van der Waals surface area contributed by atoms with Gasteiger partial charge in [0, 0.05) is 0 Å². The third-order valence-corrected chi connectivity index (χ3v) is 8.54. The van der Waals surface area contributed by atoms with Crippen LogP contribution in [0.1, 0.15) is 0 Å². The largest absolute Gasteiger partial charge is 0.455 e. The molecule has 0 atom stereocenters. The molecular weight excluding hydrogens is 382 g/mol. The summed E-state index contributed by atoms with van der Waals surface area (Å²) >= 11 is 0. The first kappa shape index (κ1) is 19.7. The van der Waals surface area contributed by atoms with Crippen LogP contribution < -0.4 is 15.9 Å². The molecule has 6 heteroatoms. The lowest BCUT2D eigenvalue weighted by Gasteiger charge is -2.30. The minimum atomic E-state index is -5.14. The fourth-order valence-corrected chi connectivity index (χ4v) is 7.31. The second-order valence-corrected chi connectivity index (χ2v) is 9.30. The lowest BCUT2D eigenvalue weighted by Crippen LogP contribution is -2.38. The predicted molar refractivity (Wildman–Crippen MR) is 107 cm³/mol. The average molecular weight is 397 g/mol. The molecule has 0 N–H and O–H groups in total. The zero-order valence-electron chi connectivity index (χ0n) is 14.6. The Kier molecular flexibility index (Phi) is 5.53. The van der Waals surface area contributed by atoms with Crippen molar-refractivity contribution in [3.05, 3.63) is 91.0 Å². The quantitative estimate of drug-likeness (QED) is 0.629. The van der Waals surface area contributed by atoms with Crippen LogP contribution in [0.3, 0.4) is 0 Å². The number of rotatable bonds is 4. The third kappa shape index (κ3) is 3.40. The zero-order chi connectivity index (χ0) is 20.2. The van der Waals surface area contributed by atoms with Gasteiger partial charge in [-0.05, 0) is 22.8 Å². The van der Waals surface area contributed by atoms with Crippen molar-refractivity contribution >= 4 is 33.9 Å². The maximum atomic E-state index is 13.5. The first-order valence-electron chi connectivity index (χ1n) is 8.37. The second kappa shape index (κ2) is 7.88. The second-order valence-electron chi connectivity index (χ2n) is 5.96. The molecule has 3 aromatic carbocycles. The van der Waals surface area contributed by atoms with Crippen LogP contribution in [0.5, 0.6) is 0 Å². The summed E-state index contributed by atoms with van der Waals surface area (Å²) in [5.41, 5.74) is 0. The molecule has 0 fully saturated rings. The fraction of sp³-hybridized carbons (Fsp3) is 0.0455. The molecule has 0 saturated heterocycles. The number of carbonyl (C=O) groups is 1. The Bertz CT molecular complexity index is 966. The van der Waals surface area contributed by atoms with E-state index in [9.17, 15) is 23.2 Å². The standard InChI is InChI=1S/C22H15F3NOP/c23-22(24,25)21(27)20(16-26)28(17-10-4-1-5-11-17,18-12-6-2-7-13-18)19-14-8-3-9-15-19/h1-15H. The average Bonchev–Trinajstić information content (AvgIpc) is 2.73. The number of hydrogen-bond acceptors (Lipinski definition) is 2. The minimum absolute atomic E-state index is 0.515. The molecule has 0 bridgehead atoms. The molecule has 3 aromatic rings. The molecule has 0 saturated carbocycles. The summed E-state index contributed by atoms with van der Waals surface area (Å²) in [7, 11) is 0. The molecule has 0 amide bonds. The van der Waals surface area contributed by atoms with Crippen molar-refractivity contribution in [2.24, 2.45) is 0 Å². The van der Waals surface area contributed by atoms with E-state index in [0.29, 0.717) is 15.9 Å². The number of benzene rings is 3. The summed E-state index contributed by atoms with van der Waals surface area (Å²) in [6.07, 6.45) is -5.14. The normalized spacial score (nSPS) is 11.5. The van der Waals surface area contributed by atoms with Crippen molar-refractivity contribution in [3.8, 4) is 6.07 Å². The van der Waals surface area contributed by atoms with E-state index >= 15 is 0 Å². The number of nitrogens with zero attached hydrogens (tertiary/aromatic N) is 1. The molecule has 0 spiro atoms. The lowest BCUT2D eigenvalue weighted by molar-refractivity contribution is -0.162. The number of ketones is 1. The van der Waals surface area contributed by atoms with E-state index in [-0.39, 0.29) is 0 Å². The van der Waals surface area contributed by atoms with Crippen LogP contribution in [0.15, 0.2) is 91.0 Å². The van der Waals surface area contributed by atoms with Crippen LogP contribution in [-0.2, 0) is 4.79 Å². The van der Waals surface area contributed by atoms with Crippen molar-refractivity contribution in [1.29, 1.82) is 5.26 Å². The van der Waals surface area contributed by atoms with E-state index in [1.54, 1.807) is 97.1 Å². The summed E-state index contributed by atoms with van der Waals surface area (Å²) in [6, 6.07) is 27.1. The number of alkyl halides is 3. The molecule has 0 unspecified atom stereocenters. The number of Topliss-reactive ketones (excluding diaryl/α,β-unsaturated/α-hetero) is 1.